The maximum atomic E-state index is 12.1. The first kappa shape index (κ1) is 25.2. The second-order valence-electron chi connectivity index (χ2n) is 6.92. The van der Waals surface area contributed by atoms with Gasteiger partial charge in [0.1, 0.15) is 13.1 Å². The van der Waals surface area contributed by atoms with Gasteiger partial charge >= 0.3 is 12.1 Å². The van der Waals surface area contributed by atoms with Crippen LogP contribution in [0.5, 0.6) is 0 Å². The van der Waals surface area contributed by atoms with Crippen molar-refractivity contribution >= 4 is 18.0 Å². The molecule has 0 saturated heterocycles. The number of unbranched alkanes of at least 4 members (excludes halogenated alkanes) is 7. The first-order valence-electron chi connectivity index (χ1n) is 10.2. The molecular weight excluding hydrogens is 348 g/mol. The fourth-order valence-electron chi connectivity index (χ4n) is 2.37. The number of hydrogen-bond acceptors (Lipinski definition) is 5. The van der Waals surface area contributed by atoms with Gasteiger partial charge < -0.3 is 19.3 Å². The van der Waals surface area contributed by atoms with E-state index in [4.69, 9.17) is 9.47 Å². The van der Waals surface area contributed by atoms with Crippen LogP contribution in [0.25, 0.3) is 0 Å². The van der Waals surface area contributed by atoms with E-state index in [0.717, 1.165) is 32.1 Å². The third kappa shape index (κ3) is 14.0. The van der Waals surface area contributed by atoms with Crippen molar-refractivity contribution in [3.63, 3.8) is 0 Å². The largest absolute Gasteiger partial charge is 0.464 e. The molecule has 2 amide bonds. The number of carbonyl (C=O) groups is 3. The number of rotatable bonds is 15. The van der Waals surface area contributed by atoms with Crippen molar-refractivity contribution in [1.29, 1.82) is 0 Å². The van der Waals surface area contributed by atoms with Gasteiger partial charge in [-0.1, -0.05) is 58.8 Å². The van der Waals surface area contributed by atoms with E-state index < -0.39 is 12.1 Å². The number of nitrogens with zero attached hydrogens (tertiary/aromatic N) is 2. The molecule has 0 radical (unpaired) electrons. The van der Waals surface area contributed by atoms with Gasteiger partial charge in [-0.3, -0.25) is 9.59 Å². The summed E-state index contributed by atoms with van der Waals surface area (Å²) in [7, 11) is 3.02. The molecular formula is C20H38N2O5. The lowest BCUT2D eigenvalue weighted by atomic mass is 10.1. The molecule has 7 nitrogen and oxygen atoms in total. The first-order chi connectivity index (χ1) is 12.9. The van der Waals surface area contributed by atoms with Crippen molar-refractivity contribution in [3.8, 4) is 0 Å². The highest BCUT2D eigenvalue weighted by molar-refractivity contribution is 5.85. The average Bonchev–Trinajstić information content (AvgIpc) is 2.63. The quantitative estimate of drug-likeness (QED) is 0.317. The van der Waals surface area contributed by atoms with Gasteiger partial charge in [0.25, 0.3) is 0 Å². The van der Waals surface area contributed by atoms with Gasteiger partial charge in [0.2, 0.25) is 5.91 Å². The van der Waals surface area contributed by atoms with Gasteiger partial charge in [0, 0.05) is 14.1 Å². The van der Waals surface area contributed by atoms with E-state index in [9.17, 15) is 14.4 Å². The monoisotopic (exact) mass is 386 g/mol. The minimum atomic E-state index is -0.535. The van der Waals surface area contributed by atoms with E-state index in [1.807, 2.05) is 6.92 Å². The molecule has 0 aliphatic rings. The molecule has 0 aromatic heterocycles. The van der Waals surface area contributed by atoms with Gasteiger partial charge in [0.05, 0.1) is 13.2 Å². The lowest BCUT2D eigenvalue weighted by molar-refractivity contribution is -0.148. The molecule has 0 rings (SSSR count). The summed E-state index contributed by atoms with van der Waals surface area (Å²) in [6.07, 6.45) is 9.26. The predicted molar refractivity (Wildman–Crippen MR) is 105 cm³/mol. The van der Waals surface area contributed by atoms with E-state index in [0.29, 0.717) is 13.2 Å². The van der Waals surface area contributed by atoms with Crippen LogP contribution in [0, 0.1) is 0 Å². The fourth-order valence-corrected chi connectivity index (χ4v) is 2.37. The summed E-state index contributed by atoms with van der Waals surface area (Å²) in [6.45, 7) is 4.68. The smallest absolute Gasteiger partial charge is 0.409 e. The molecule has 7 heteroatoms. The fraction of sp³-hybridized carbons (Fsp3) is 0.850. The summed E-state index contributed by atoms with van der Waals surface area (Å²) in [4.78, 5) is 38.1. The molecule has 0 bridgehead atoms. The van der Waals surface area contributed by atoms with Crippen LogP contribution in [0.4, 0.5) is 4.79 Å². The molecule has 0 fully saturated rings. The topological polar surface area (TPSA) is 76.2 Å². The molecule has 0 unspecified atom stereocenters. The van der Waals surface area contributed by atoms with Crippen LogP contribution in [0.3, 0.4) is 0 Å². The molecule has 0 spiro atoms. The zero-order valence-corrected chi connectivity index (χ0v) is 17.6. The SMILES string of the molecule is CCCCCCCCCOC(=O)CN(C)C(=O)CN(C)C(=O)OCCCC. The highest BCUT2D eigenvalue weighted by Gasteiger charge is 2.19. The Labute approximate surface area is 164 Å². The van der Waals surface area contributed by atoms with Crippen molar-refractivity contribution in [2.45, 2.75) is 71.6 Å². The van der Waals surface area contributed by atoms with E-state index in [2.05, 4.69) is 6.92 Å². The van der Waals surface area contributed by atoms with Crippen molar-refractivity contribution in [3.05, 3.63) is 0 Å². The lowest BCUT2D eigenvalue weighted by Crippen LogP contribution is -2.41. The standard InChI is InChI=1S/C20H38N2O5/c1-5-7-9-10-11-12-13-15-26-19(24)17-21(3)18(23)16-22(4)20(25)27-14-8-6-2/h5-17H2,1-4H3. The van der Waals surface area contributed by atoms with Crippen LogP contribution in [-0.2, 0) is 19.1 Å². The van der Waals surface area contributed by atoms with E-state index >= 15 is 0 Å². The highest BCUT2D eigenvalue weighted by Crippen LogP contribution is 2.07. The molecule has 0 aromatic rings. The van der Waals surface area contributed by atoms with E-state index in [-0.39, 0.29) is 19.0 Å². The third-order valence-electron chi connectivity index (χ3n) is 4.21. The Morgan fingerprint density at radius 1 is 0.667 bits per heavy atom. The van der Waals surface area contributed by atoms with Gasteiger partial charge in [-0.05, 0) is 12.8 Å². The molecule has 0 atom stereocenters. The van der Waals surface area contributed by atoms with Crippen LogP contribution in [0.1, 0.15) is 71.6 Å². The van der Waals surface area contributed by atoms with Gasteiger partial charge in [-0.15, -0.1) is 0 Å². The molecule has 0 N–H and O–H groups in total. The maximum absolute atomic E-state index is 12.1. The Morgan fingerprint density at radius 2 is 1.22 bits per heavy atom. The predicted octanol–water partition coefficient (Wildman–Crippen LogP) is 3.61. The maximum Gasteiger partial charge on any atom is 0.409 e. The molecule has 0 aromatic carbocycles. The zero-order chi connectivity index (χ0) is 20.5. The summed E-state index contributed by atoms with van der Waals surface area (Å²) >= 11 is 0. The normalized spacial score (nSPS) is 10.4. The van der Waals surface area contributed by atoms with Crippen LogP contribution in [0.15, 0.2) is 0 Å². The summed E-state index contributed by atoms with van der Waals surface area (Å²) in [5.74, 6) is -0.761. The summed E-state index contributed by atoms with van der Waals surface area (Å²) < 4.78 is 10.2. The number of ether oxygens (including phenoxy) is 2. The van der Waals surface area contributed by atoms with Crippen molar-refractivity contribution in [2.75, 3.05) is 40.4 Å². The van der Waals surface area contributed by atoms with Crippen LogP contribution in [-0.4, -0.2) is 68.2 Å². The molecule has 0 heterocycles. The van der Waals surface area contributed by atoms with Crippen LogP contribution >= 0.6 is 0 Å². The molecule has 27 heavy (non-hydrogen) atoms. The lowest BCUT2D eigenvalue weighted by Gasteiger charge is -2.21. The van der Waals surface area contributed by atoms with Gasteiger partial charge in [-0.2, -0.15) is 0 Å². The molecule has 0 saturated carbocycles. The Bertz CT molecular complexity index is 429. The van der Waals surface area contributed by atoms with Crippen LogP contribution in [0.2, 0.25) is 0 Å². The Balaban J connectivity index is 3.87. The van der Waals surface area contributed by atoms with Crippen molar-refractivity contribution in [1.82, 2.24) is 9.80 Å². The number of esters is 1. The average molecular weight is 387 g/mol. The van der Waals surface area contributed by atoms with Gasteiger partial charge in [-0.25, -0.2) is 4.79 Å². The van der Waals surface area contributed by atoms with Crippen molar-refractivity contribution < 1.29 is 23.9 Å². The zero-order valence-electron chi connectivity index (χ0n) is 17.6. The first-order valence-corrected chi connectivity index (χ1v) is 10.2. The number of amides is 2. The molecule has 0 aliphatic carbocycles. The van der Waals surface area contributed by atoms with Gasteiger partial charge in [0.15, 0.2) is 0 Å². The minimum Gasteiger partial charge on any atom is -0.464 e. The Hall–Kier alpha value is -1.79. The number of carbonyl (C=O) groups excluding carboxylic acids is 3. The van der Waals surface area contributed by atoms with Crippen LogP contribution < -0.4 is 0 Å². The summed E-state index contributed by atoms with van der Waals surface area (Å²) in [5, 5.41) is 0. The Kier molecular flexibility index (Phi) is 15.3. The van der Waals surface area contributed by atoms with E-state index in [1.165, 1.54) is 49.6 Å². The summed E-state index contributed by atoms with van der Waals surface area (Å²) in [5.41, 5.74) is 0. The second-order valence-corrected chi connectivity index (χ2v) is 6.92. The molecule has 158 valence electrons. The molecule has 0 aliphatic heterocycles. The van der Waals surface area contributed by atoms with Crippen molar-refractivity contribution in [2.24, 2.45) is 0 Å². The highest BCUT2D eigenvalue weighted by atomic mass is 16.6. The number of hydrogen-bond donors (Lipinski definition) is 0. The Morgan fingerprint density at radius 3 is 1.85 bits per heavy atom. The third-order valence-corrected chi connectivity index (χ3v) is 4.21. The minimum absolute atomic E-state index is 0.117. The number of likely N-dealkylation sites (N-methyl/N-ethyl adjacent to an activating group) is 2. The second kappa shape index (κ2) is 16.4. The summed E-state index contributed by atoms with van der Waals surface area (Å²) in [6, 6.07) is 0. The van der Waals surface area contributed by atoms with E-state index in [1.54, 1.807) is 0 Å².